The number of rotatable bonds is 8. The van der Waals surface area contributed by atoms with Gasteiger partial charge in [0.25, 0.3) is 5.91 Å². The highest BCUT2D eigenvalue weighted by Gasteiger charge is 2.16. The quantitative estimate of drug-likeness (QED) is 0.774. The van der Waals surface area contributed by atoms with Gasteiger partial charge in [0.05, 0.1) is 6.10 Å². The third-order valence-electron chi connectivity index (χ3n) is 3.44. The molecule has 4 heteroatoms. The molecule has 118 valence electrons. The minimum Gasteiger partial charge on any atom is -0.481 e. The van der Waals surface area contributed by atoms with E-state index in [4.69, 9.17) is 4.74 Å². The molecule has 0 bridgehead atoms. The summed E-state index contributed by atoms with van der Waals surface area (Å²) in [6.07, 6.45) is 1.69. The van der Waals surface area contributed by atoms with E-state index in [9.17, 15) is 9.90 Å². The van der Waals surface area contributed by atoms with Gasteiger partial charge in [0, 0.05) is 6.04 Å². The average molecular weight is 293 g/mol. The van der Waals surface area contributed by atoms with Crippen LogP contribution in [0.15, 0.2) is 24.3 Å². The van der Waals surface area contributed by atoms with E-state index >= 15 is 0 Å². The number of carbonyl (C=O) groups is 1. The number of ether oxygens (including phenoxy) is 1. The lowest BCUT2D eigenvalue weighted by atomic mass is 10.1. The molecular weight excluding hydrogens is 266 g/mol. The second-order valence-electron chi connectivity index (χ2n) is 5.45. The van der Waals surface area contributed by atoms with Crippen molar-refractivity contribution in [3.8, 4) is 5.75 Å². The molecular formula is C17H27NO3. The Morgan fingerprint density at radius 2 is 1.86 bits per heavy atom. The van der Waals surface area contributed by atoms with Crippen LogP contribution in [0.1, 0.15) is 58.6 Å². The van der Waals surface area contributed by atoms with E-state index in [1.807, 2.05) is 26.0 Å². The van der Waals surface area contributed by atoms with Crippen molar-refractivity contribution < 1.29 is 14.6 Å². The van der Waals surface area contributed by atoms with Crippen molar-refractivity contribution in [1.82, 2.24) is 5.32 Å². The molecule has 0 aliphatic carbocycles. The highest BCUT2D eigenvalue weighted by Crippen LogP contribution is 2.20. The van der Waals surface area contributed by atoms with Gasteiger partial charge in [-0.05, 0) is 44.4 Å². The zero-order chi connectivity index (χ0) is 15.8. The molecule has 1 rings (SSSR count). The Bertz CT molecular complexity index is 430. The highest BCUT2D eigenvalue weighted by atomic mass is 16.5. The van der Waals surface area contributed by atoms with Gasteiger partial charge in [-0.3, -0.25) is 4.79 Å². The van der Waals surface area contributed by atoms with Crippen molar-refractivity contribution in [3.63, 3.8) is 0 Å². The molecule has 1 amide bonds. The van der Waals surface area contributed by atoms with Crippen molar-refractivity contribution in [2.24, 2.45) is 0 Å². The highest BCUT2D eigenvalue weighted by molar-refractivity contribution is 5.80. The van der Waals surface area contributed by atoms with Crippen LogP contribution in [-0.4, -0.2) is 23.2 Å². The van der Waals surface area contributed by atoms with Gasteiger partial charge in [0.15, 0.2) is 6.10 Å². The molecule has 3 atom stereocenters. The van der Waals surface area contributed by atoms with Crippen LogP contribution in [0, 0.1) is 0 Å². The van der Waals surface area contributed by atoms with Gasteiger partial charge in [0.2, 0.25) is 0 Å². The molecule has 0 fully saturated rings. The summed E-state index contributed by atoms with van der Waals surface area (Å²) in [5.74, 6) is 0.529. The fourth-order valence-electron chi connectivity index (χ4n) is 2.13. The summed E-state index contributed by atoms with van der Waals surface area (Å²) in [5, 5.41) is 12.7. The molecule has 2 N–H and O–H groups in total. The van der Waals surface area contributed by atoms with E-state index in [2.05, 4.69) is 12.2 Å². The Balaban J connectivity index is 2.54. The van der Waals surface area contributed by atoms with Gasteiger partial charge in [-0.2, -0.15) is 0 Å². The van der Waals surface area contributed by atoms with Gasteiger partial charge >= 0.3 is 0 Å². The molecule has 0 saturated heterocycles. The average Bonchev–Trinajstić information content (AvgIpc) is 2.47. The van der Waals surface area contributed by atoms with Crippen LogP contribution in [0.2, 0.25) is 0 Å². The van der Waals surface area contributed by atoms with Crippen molar-refractivity contribution in [2.45, 2.75) is 65.2 Å². The molecule has 0 aliphatic rings. The fraction of sp³-hybridized carbons (Fsp3) is 0.588. The van der Waals surface area contributed by atoms with Gasteiger partial charge in [-0.25, -0.2) is 0 Å². The molecule has 0 spiro atoms. The van der Waals surface area contributed by atoms with Gasteiger partial charge in [-0.1, -0.05) is 32.4 Å². The molecule has 0 aliphatic heterocycles. The standard InChI is InChI=1S/C17H27NO3/c1-5-7-12(3)18-17(20)13(4)21-15-10-8-14(9-11-15)16(19)6-2/h8-13,16,19H,5-7H2,1-4H3,(H,18,20)/t12?,13?,16-/m0/s1. The Kier molecular flexibility index (Phi) is 7.23. The van der Waals surface area contributed by atoms with Gasteiger partial charge < -0.3 is 15.2 Å². The SMILES string of the molecule is CCCC(C)NC(=O)C(C)Oc1ccc([C@@H](O)CC)cc1. The molecule has 21 heavy (non-hydrogen) atoms. The first-order chi connectivity index (χ1) is 9.97. The number of hydrogen-bond donors (Lipinski definition) is 2. The van der Waals surface area contributed by atoms with Crippen molar-refractivity contribution >= 4 is 5.91 Å². The Morgan fingerprint density at radius 3 is 2.38 bits per heavy atom. The van der Waals surface area contributed by atoms with Crippen molar-refractivity contribution in [3.05, 3.63) is 29.8 Å². The van der Waals surface area contributed by atoms with E-state index in [1.165, 1.54) is 0 Å². The molecule has 0 heterocycles. The number of carbonyl (C=O) groups excluding carboxylic acids is 1. The molecule has 1 aromatic rings. The third kappa shape index (κ3) is 5.76. The summed E-state index contributed by atoms with van der Waals surface area (Å²) < 4.78 is 5.63. The molecule has 2 unspecified atom stereocenters. The summed E-state index contributed by atoms with van der Waals surface area (Å²) >= 11 is 0. The second kappa shape index (κ2) is 8.67. The summed E-state index contributed by atoms with van der Waals surface area (Å²) in [6.45, 7) is 7.76. The molecule has 4 nitrogen and oxygen atoms in total. The molecule has 1 aromatic carbocycles. The van der Waals surface area contributed by atoms with Crippen LogP contribution >= 0.6 is 0 Å². The van der Waals surface area contributed by atoms with Gasteiger partial charge in [-0.15, -0.1) is 0 Å². The van der Waals surface area contributed by atoms with E-state index in [-0.39, 0.29) is 11.9 Å². The van der Waals surface area contributed by atoms with Crippen LogP contribution in [-0.2, 0) is 4.79 Å². The Labute approximate surface area is 127 Å². The van der Waals surface area contributed by atoms with Crippen LogP contribution in [0.4, 0.5) is 0 Å². The van der Waals surface area contributed by atoms with Crippen LogP contribution < -0.4 is 10.1 Å². The van der Waals surface area contributed by atoms with Crippen LogP contribution in [0.3, 0.4) is 0 Å². The molecule has 0 saturated carbocycles. The van der Waals surface area contributed by atoms with E-state index in [1.54, 1.807) is 19.1 Å². The second-order valence-corrected chi connectivity index (χ2v) is 5.45. The lowest BCUT2D eigenvalue weighted by Crippen LogP contribution is -2.41. The molecule has 0 aromatic heterocycles. The minimum absolute atomic E-state index is 0.103. The number of hydrogen-bond acceptors (Lipinski definition) is 3. The van der Waals surface area contributed by atoms with Crippen LogP contribution in [0.5, 0.6) is 5.75 Å². The lowest BCUT2D eigenvalue weighted by Gasteiger charge is -2.18. The summed E-state index contributed by atoms with van der Waals surface area (Å²) in [5.41, 5.74) is 0.860. The maximum Gasteiger partial charge on any atom is 0.260 e. The monoisotopic (exact) mass is 293 g/mol. The smallest absolute Gasteiger partial charge is 0.260 e. The summed E-state index contributed by atoms with van der Waals surface area (Å²) in [7, 11) is 0. The van der Waals surface area contributed by atoms with E-state index < -0.39 is 12.2 Å². The zero-order valence-corrected chi connectivity index (χ0v) is 13.4. The maximum atomic E-state index is 12.0. The number of amides is 1. The third-order valence-corrected chi connectivity index (χ3v) is 3.44. The van der Waals surface area contributed by atoms with Crippen molar-refractivity contribution in [2.75, 3.05) is 0 Å². The first-order valence-corrected chi connectivity index (χ1v) is 7.72. The lowest BCUT2D eigenvalue weighted by molar-refractivity contribution is -0.127. The molecule has 0 radical (unpaired) electrons. The Hall–Kier alpha value is -1.55. The normalized spacial score (nSPS) is 15.1. The van der Waals surface area contributed by atoms with E-state index in [0.717, 1.165) is 18.4 Å². The number of benzene rings is 1. The summed E-state index contributed by atoms with van der Waals surface area (Å²) in [6, 6.07) is 7.39. The first kappa shape index (κ1) is 17.5. The maximum absolute atomic E-state index is 12.0. The zero-order valence-electron chi connectivity index (χ0n) is 13.4. The number of nitrogens with one attached hydrogen (secondary N) is 1. The number of aliphatic hydroxyl groups is 1. The first-order valence-electron chi connectivity index (χ1n) is 7.72. The predicted octanol–water partition coefficient (Wildman–Crippen LogP) is 3.20. The van der Waals surface area contributed by atoms with E-state index in [0.29, 0.717) is 12.2 Å². The summed E-state index contributed by atoms with van der Waals surface area (Å²) in [4.78, 5) is 12.0. The number of aliphatic hydroxyl groups excluding tert-OH is 1. The topological polar surface area (TPSA) is 58.6 Å². The van der Waals surface area contributed by atoms with Crippen LogP contribution in [0.25, 0.3) is 0 Å². The van der Waals surface area contributed by atoms with Gasteiger partial charge in [0.1, 0.15) is 5.75 Å². The fourth-order valence-corrected chi connectivity index (χ4v) is 2.13. The largest absolute Gasteiger partial charge is 0.481 e. The van der Waals surface area contributed by atoms with Crippen molar-refractivity contribution in [1.29, 1.82) is 0 Å². The minimum atomic E-state index is -0.536. The Morgan fingerprint density at radius 1 is 1.24 bits per heavy atom. The predicted molar refractivity (Wildman–Crippen MR) is 84.3 cm³/mol.